The summed E-state index contributed by atoms with van der Waals surface area (Å²) in [5.41, 5.74) is 9.66. The number of carboxylic acids is 1. The molecule has 0 aliphatic carbocycles. The van der Waals surface area contributed by atoms with E-state index in [-0.39, 0.29) is 6.04 Å². The van der Waals surface area contributed by atoms with Crippen molar-refractivity contribution in [1.29, 1.82) is 0 Å². The van der Waals surface area contributed by atoms with Gasteiger partial charge in [0, 0.05) is 30.1 Å². The first-order valence-corrected chi connectivity index (χ1v) is 10.0. The second-order valence-corrected chi connectivity index (χ2v) is 8.07. The quantitative estimate of drug-likeness (QED) is 0.477. The Morgan fingerprint density at radius 2 is 2.14 bits per heavy atom. The summed E-state index contributed by atoms with van der Waals surface area (Å²) in [5, 5.41) is 17.4. The standard InChI is InChI=1S/C20H18N6O2S/c21-18-14(19-25-15-3-1-2-4-17(15)29-19)5-11(7-23-18)12-8-24-26(10-12)13-6-16(20(27)28)22-9-13/h1-5,7-8,10,13,16,22H,6,9H2,(H2,21,23)(H,27,28)/t13?,16-/m0/s1. The van der Waals surface area contributed by atoms with E-state index in [1.807, 2.05) is 41.2 Å². The molecule has 0 radical (unpaired) electrons. The maximum atomic E-state index is 11.2. The predicted octanol–water partition coefficient (Wildman–Crippen LogP) is 2.79. The molecular formula is C20H18N6O2S. The van der Waals surface area contributed by atoms with Crippen LogP contribution in [0.15, 0.2) is 48.9 Å². The number of nitrogen functional groups attached to an aromatic ring is 1. The number of nitrogens with two attached hydrogens (primary N) is 1. The van der Waals surface area contributed by atoms with Crippen LogP contribution in [-0.4, -0.2) is 43.4 Å². The van der Waals surface area contributed by atoms with Crippen LogP contribution < -0.4 is 11.1 Å². The van der Waals surface area contributed by atoms with Gasteiger partial charge >= 0.3 is 5.97 Å². The van der Waals surface area contributed by atoms with Crippen LogP contribution >= 0.6 is 11.3 Å². The van der Waals surface area contributed by atoms with Crippen molar-refractivity contribution in [3.8, 4) is 21.7 Å². The highest BCUT2D eigenvalue weighted by Gasteiger charge is 2.30. The van der Waals surface area contributed by atoms with E-state index in [0.29, 0.717) is 18.8 Å². The monoisotopic (exact) mass is 406 g/mol. The Labute approximate surface area is 170 Å². The van der Waals surface area contributed by atoms with E-state index in [1.54, 1.807) is 23.7 Å². The van der Waals surface area contributed by atoms with Crippen LogP contribution in [0.5, 0.6) is 0 Å². The van der Waals surface area contributed by atoms with Crippen molar-refractivity contribution in [3.05, 3.63) is 48.9 Å². The number of hydrogen-bond donors (Lipinski definition) is 3. The number of nitrogens with one attached hydrogen (secondary N) is 1. The molecule has 1 saturated heterocycles. The molecule has 9 heteroatoms. The summed E-state index contributed by atoms with van der Waals surface area (Å²) in [5.74, 6) is -0.396. The summed E-state index contributed by atoms with van der Waals surface area (Å²) in [6, 6.07) is 9.43. The molecule has 3 aromatic heterocycles. The molecule has 1 aliphatic heterocycles. The molecular weight excluding hydrogens is 388 g/mol. The van der Waals surface area contributed by atoms with Crippen molar-refractivity contribution in [2.24, 2.45) is 0 Å². The Morgan fingerprint density at radius 1 is 1.28 bits per heavy atom. The maximum Gasteiger partial charge on any atom is 0.320 e. The normalized spacial score (nSPS) is 19.0. The highest BCUT2D eigenvalue weighted by molar-refractivity contribution is 7.21. The second-order valence-electron chi connectivity index (χ2n) is 7.04. The minimum absolute atomic E-state index is 0.00956. The minimum Gasteiger partial charge on any atom is -0.480 e. The van der Waals surface area contributed by atoms with Gasteiger partial charge in [-0.05, 0) is 24.6 Å². The summed E-state index contributed by atoms with van der Waals surface area (Å²) in [7, 11) is 0. The number of fused-ring (bicyclic) bond motifs is 1. The van der Waals surface area contributed by atoms with Crippen LogP contribution in [0.2, 0.25) is 0 Å². The number of carboxylic acid groups (broad SMARTS) is 1. The molecule has 4 heterocycles. The molecule has 4 N–H and O–H groups in total. The molecule has 8 nitrogen and oxygen atoms in total. The van der Waals surface area contributed by atoms with Gasteiger partial charge in [-0.15, -0.1) is 11.3 Å². The van der Waals surface area contributed by atoms with Crippen molar-refractivity contribution < 1.29 is 9.90 Å². The van der Waals surface area contributed by atoms with Crippen LogP contribution in [0, 0.1) is 0 Å². The fourth-order valence-electron chi connectivity index (χ4n) is 3.59. The third-order valence-electron chi connectivity index (χ3n) is 5.16. The number of thiazole rings is 1. The number of aromatic nitrogens is 4. The molecule has 0 saturated carbocycles. The number of nitrogens with zero attached hydrogens (tertiary/aromatic N) is 4. The first kappa shape index (κ1) is 17.8. The summed E-state index contributed by atoms with van der Waals surface area (Å²) < 4.78 is 2.92. The SMILES string of the molecule is Nc1ncc(-c2cnn(C3CN[C@H](C(=O)O)C3)c2)cc1-c1nc2ccccc2s1. The van der Waals surface area contributed by atoms with Crippen molar-refractivity contribution in [2.45, 2.75) is 18.5 Å². The predicted molar refractivity (Wildman–Crippen MR) is 112 cm³/mol. The minimum atomic E-state index is -0.830. The topological polar surface area (TPSA) is 119 Å². The van der Waals surface area contributed by atoms with E-state index < -0.39 is 12.0 Å². The Bertz CT molecular complexity index is 1180. The van der Waals surface area contributed by atoms with Crippen LogP contribution in [0.3, 0.4) is 0 Å². The van der Waals surface area contributed by atoms with Crippen LogP contribution in [-0.2, 0) is 4.79 Å². The fraction of sp³-hybridized carbons (Fsp3) is 0.200. The molecule has 0 spiro atoms. The molecule has 4 aromatic rings. The van der Waals surface area contributed by atoms with E-state index in [2.05, 4.69) is 20.4 Å². The molecule has 146 valence electrons. The largest absolute Gasteiger partial charge is 0.480 e. The summed E-state index contributed by atoms with van der Waals surface area (Å²) in [4.78, 5) is 20.2. The van der Waals surface area contributed by atoms with Gasteiger partial charge in [0.2, 0.25) is 0 Å². The van der Waals surface area contributed by atoms with Crippen molar-refractivity contribution in [3.63, 3.8) is 0 Å². The zero-order valence-corrected chi connectivity index (χ0v) is 16.1. The number of para-hydroxylation sites is 1. The second kappa shape index (κ2) is 6.94. The maximum absolute atomic E-state index is 11.2. The molecule has 1 aromatic carbocycles. The van der Waals surface area contributed by atoms with Gasteiger partial charge in [0.15, 0.2) is 0 Å². The van der Waals surface area contributed by atoms with Crippen LogP contribution in [0.25, 0.3) is 31.9 Å². The summed E-state index contributed by atoms with van der Waals surface area (Å²) >= 11 is 1.58. The number of aliphatic carboxylic acids is 1. The zero-order chi connectivity index (χ0) is 20.0. The van der Waals surface area contributed by atoms with Gasteiger partial charge in [-0.25, -0.2) is 9.97 Å². The first-order valence-electron chi connectivity index (χ1n) is 9.20. The molecule has 1 unspecified atom stereocenters. The lowest BCUT2D eigenvalue weighted by atomic mass is 10.1. The Hall–Kier alpha value is -3.30. The zero-order valence-electron chi connectivity index (χ0n) is 15.3. The van der Waals surface area contributed by atoms with E-state index in [1.165, 1.54) is 0 Å². The van der Waals surface area contributed by atoms with Gasteiger partial charge < -0.3 is 16.2 Å². The van der Waals surface area contributed by atoms with Crippen molar-refractivity contribution in [2.75, 3.05) is 12.3 Å². The van der Waals surface area contributed by atoms with Gasteiger partial charge in [0.05, 0.1) is 28.0 Å². The van der Waals surface area contributed by atoms with Gasteiger partial charge in [0.25, 0.3) is 0 Å². The van der Waals surface area contributed by atoms with E-state index in [4.69, 9.17) is 10.8 Å². The number of pyridine rings is 1. The average Bonchev–Trinajstić information content (AvgIpc) is 3.46. The van der Waals surface area contributed by atoms with Crippen molar-refractivity contribution in [1.82, 2.24) is 25.1 Å². The van der Waals surface area contributed by atoms with Gasteiger partial charge in [-0.1, -0.05) is 12.1 Å². The molecule has 29 heavy (non-hydrogen) atoms. The molecule has 2 atom stereocenters. The number of hydrogen-bond acceptors (Lipinski definition) is 7. The highest BCUT2D eigenvalue weighted by Crippen LogP contribution is 2.35. The number of carbonyl (C=O) groups is 1. The van der Waals surface area contributed by atoms with Crippen molar-refractivity contribution >= 4 is 33.3 Å². The van der Waals surface area contributed by atoms with Gasteiger partial charge in [-0.3, -0.25) is 9.48 Å². The molecule has 1 fully saturated rings. The fourth-order valence-corrected chi connectivity index (χ4v) is 4.58. The summed E-state index contributed by atoms with van der Waals surface area (Å²) in [6.07, 6.45) is 5.92. The Balaban J connectivity index is 1.46. The number of rotatable bonds is 4. The van der Waals surface area contributed by atoms with Crippen LogP contribution in [0.4, 0.5) is 5.82 Å². The van der Waals surface area contributed by atoms with Gasteiger partial charge in [0.1, 0.15) is 16.9 Å². The average molecular weight is 406 g/mol. The molecule has 0 bridgehead atoms. The molecule has 5 rings (SSSR count). The number of anilines is 1. The third-order valence-corrected chi connectivity index (χ3v) is 6.23. The van der Waals surface area contributed by atoms with E-state index in [0.717, 1.165) is 31.9 Å². The van der Waals surface area contributed by atoms with Gasteiger partial charge in [-0.2, -0.15) is 5.10 Å². The first-order chi connectivity index (χ1) is 14.1. The Kier molecular flexibility index (Phi) is 4.26. The third kappa shape index (κ3) is 3.24. The smallest absolute Gasteiger partial charge is 0.320 e. The lowest BCUT2D eigenvalue weighted by Crippen LogP contribution is -2.29. The lowest BCUT2D eigenvalue weighted by Gasteiger charge is -2.08. The summed E-state index contributed by atoms with van der Waals surface area (Å²) in [6.45, 7) is 0.578. The lowest BCUT2D eigenvalue weighted by molar-refractivity contribution is -0.139. The highest BCUT2D eigenvalue weighted by atomic mass is 32.1. The molecule has 1 aliphatic rings. The Morgan fingerprint density at radius 3 is 2.93 bits per heavy atom. The van der Waals surface area contributed by atoms with E-state index >= 15 is 0 Å². The molecule has 0 amide bonds. The van der Waals surface area contributed by atoms with E-state index in [9.17, 15) is 4.79 Å². The van der Waals surface area contributed by atoms with Crippen LogP contribution in [0.1, 0.15) is 12.5 Å². The number of benzene rings is 1.